The second-order valence-corrected chi connectivity index (χ2v) is 13.8. The fraction of sp³-hybridized carbons (Fsp3) is 0.306. The topological polar surface area (TPSA) is 197 Å². The number of aliphatic carboxylic acids is 1. The summed E-state index contributed by atoms with van der Waals surface area (Å²) in [5.41, 5.74) is 1.13. The number of carboxylic acid groups (broad SMARTS) is 1. The molecule has 1 aromatic heterocycles. The van der Waals surface area contributed by atoms with E-state index in [1.807, 2.05) is 12.1 Å². The highest BCUT2D eigenvalue weighted by molar-refractivity contribution is 6.39. The molecule has 3 amide bonds. The first-order valence-electron chi connectivity index (χ1n) is 16.5. The van der Waals surface area contributed by atoms with E-state index in [1.54, 1.807) is 50.2 Å². The Morgan fingerprint density at radius 2 is 1.52 bits per heavy atom. The van der Waals surface area contributed by atoms with Gasteiger partial charge in [0.1, 0.15) is 0 Å². The summed E-state index contributed by atoms with van der Waals surface area (Å²) in [5, 5.41) is 23.4. The van der Waals surface area contributed by atoms with Crippen LogP contribution < -0.4 is 31.3 Å². The maximum absolute atomic E-state index is 12.9. The number of nitrogens with one attached hydrogen (secondary N) is 5. The number of hydrogen-bond donors (Lipinski definition) is 6. The smallest absolute Gasteiger partial charge is 0.422 e. The molecule has 1 saturated carbocycles. The van der Waals surface area contributed by atoms with E-state index in [-0.39, 0.29) is 42.7 Å². The Balaban J connectivity index is 1.15. The van der Waals surface area contributed by atoms with Crippen LogP contribution >= 0.6 is 11.6 Å². The van der Waals surface area contributed by atoms with Gasteiger partial charge in [-0.05, 0) is 77.9 Å². The van der Waals surface area contributed by atoms with Crippen LogP contribution in [0.1, 0.15) is 48.2 Å². The van der Waals surface area contributed by atoms with Crippen LogP contribution in [0.4, 0.5) is 36.4 Å². The quantitative estimate of drug-likeness (QED) is 0.0842. The third-order valence-electron chi connectivity index (χ3n) is 8.08. The van der Waals surface area contributed by atoms with Crippen molar-refractivity contribution in [1.29, 1.82) is 0 Å². The normalized spacial score (nSPS) is 13.3. The molecule has 1 aliphatic rings. The number of anilines is 4. The van der Waals surface area contributed by atoms with Gasteiger partial charge in [0.05, 0.1) is 12.0 Å². The number of carbonyl (C=O) groups excluding carboxylic acids is 3. The molecule has 0 unspecified atom stereocenters. The Morgan fingerprint density at radius 1 is 0.852 bits per heavy atom. The maximum Gasteiger partial charge on any atom is 0.422 e. The second-order valence-electron chi connectivity index (χ2n) is 13.3. The summed E-state index contributed by atoms with van der Waals surface area (Å²) < 4.78 is 43.6. The molecular formula is C36H36ClF3N8O6. The maximum atomic E-state index is 12.9. The van der Waals surface area contributed by atoms with E-state index in [0.717, 1.165) is 18.4 Å². The van der Waals surface area contributed by atoms with Crippen LogP contribution in [0, 0.1) is 5.41 Å². The molecule has 0 aliphatic heterocycles. The van der Waals surface area contributed by atoms with Gasteiger partial charge in [0, 0.05) is 35.1 Å². The molecular weight excluding hydrogens is 733 g/mol. The van der Waals surface area contributed by atoms with Crippen LogP contribution in [0.2, 0.25) is 5.02 Å². The molecule has 1 fully saturated rings. The molecule has 0 spiro atoms. The molecule has 0 atom stereocenters. The third kappa shape index (κ3) is 11.5. The molecule has 5 rings (SSSR count). The van der Waals surface area contributed by atoms with Gasteiger partial charge in [-0.2, -0.15) is 28.1 Å². The van der Waals surface area contributed by atoms with Gasteiger partial charge in [-0.3, -0.25) is 19.2 Å². The average Bonchev–Trinajstić information content (AvgIpc) is 3.89. The summed E-state index contributed by atoms with van der Waals surface area (Å²) >= 11 is 6.03. The van der Waals surface area contributed by atoms with Gasteiger partial charge in [0.25, 0.3) is 5.91 Å². The van der Waals surface area contributed by atoms with Crippen LogP contribution in [-0.4, -0.2) is 69.6 Å². The van der Waals surface area contributed by atoms with Crippen LogP contribution in [0.5, 0.6) is 6.01 Å². The number of carbonyl (C=O) groups is 4. The summed E-state index contributed by atoms with van der Waals surface area (Å²) in [6, 6.07) is 18.9. The molecule has 0 saturated heterocycles. The molecule has 0 radical (unpaired) electrons. The van der Waals surface area contributed by atoms with Crippen LogP contribution in [-0.2, 0) is 26.3 Å². The van der Waals surface area contributed by atoms with Crippen molar-refractivity contribution in [2.24, 2.45) is 5.41 Å². The van der Waals surface area contributed by atoms with Crippen LogP contribution in [0.3, 0.4) is 0 Å². The molecule has 0 bridgehead atoms. The van der Waals surface area contributed by atoms with E-state index >= 15 is 0 Å². The summed E-state index contributed by atoms with van der Waals surface area (Å²) in [6.07, 6.45) is -3.41. The van der Waals surface area contributed by atoms with Gasteiger partial charge in [0.15, 0.2) is 6.61 Å². The van der Waals surface area contributed by atoms with Crippen molar-refractivity contribution < 1.29 is 42.2 Å². The lowest BCUT2D eigenvalue weighted by molar-refractivity contribution is -0.154. The molecule has 4 aromatic rings. The molecule has 18 heteroatoms. The van der Waals surface area contributed by atoms with Gasteiger partial charge in [-0.1, -0.05) is 49.7 Å². The van der Waals surface area contributed by atoms with Gasteiger partial charge in [0.2, 0.25) is 11.9 Å². The minimum absolute atomic E-state index is 0.00433. The zero-order valence-corrected chi connectivity index (χ0v) is 29.8. The first-order chi connectivity index (χ1) is 25.5. The summed E-state index contributed by atoms with van der Waals surface area (Å²) in [5.74, 6) is -3.40. The minimum atomic E-state index is -4.62. The number of alkyl halides is 3. The van der Waals surface area contributed by atoms with E-state index < -0.39 is 53.4 Å². The van der Waals surface area contributed by atoms with Crippen molar-refractivity contribution in [2.75, 3.05) is 35.6 Å². The molecule has 3 aromatic carbocycles. The van der Waals surface area contributed by atoms with E-state index in [1.165, 1.54) is 24.3 Å². The highest BCUT2D eigenvalue weighted by Gasteiger charge is 2.45. The van der Waals surface area contributed by atoms with E-state index in [0.29, 0.717) is 16.3 Å². The molecule has 6 N–H and O–H groups in total. The monoisotopic (exact) mass is 768 g/mol. The van der Waals surface area contributed by atoms with Crippen molar-refractivity contribution in [1.82, 2.24) is 25.6 Å². The highest BCUT2D eigenvalue weighted by atomic mass is 35.5. The van der Waals surface area contributed by atoms with Gasteiger partial charge < -0.3 is 36.4 Å². The second kappa shape index (κ2) is 16.4. The first-order valence-corrected chi connectivity index (χ1v) is 16.9. The van der Waals surface area contributed by atoms with Gasteiger partial charge >= 0.3 is 30.0 Å². The number of rotatable bonds is 15. The van der Waals surface area contributed by atoms with Crippen molar-refractivity contribution in [3.05, 3.63) is 94.5 Å². The Bertz CT molecular complexity index is 2010. The lowest BCUT2D eigenvalue weighted by Crippen LogP contribution is -2.44. The minimum Gasteiger partial charge on any atom is -0.481 e. The van der Waals surface area contributed by atoms with Crippen LogP contribution in [0.15, 0.2) is 72.8 Å². The standard InChI is InChI=1S/C36H36ClF3N8O6/c1-34(2,19-42-29(52)30(53)43-26-5-3-4-21(16-26)17-27(49)50)18-41-28(51)22-6-12-25(13-7-22)44-31-45-32(47-33(46-31)54-20-36(38,39)40)48-35(14-15-35)23-8-10-24(37)11-9-23/h3-13,16H,14-15,17-20H2,1-2H3,(H,41,51)(H,42,52)(H,43,53)(H,49,50)(H2,44,45,46,47,48). The summed E-state index contributed by atoms with van der Waals surface area (Å²) in [6.45, 7) is 2.12. The largest absolute Gasteiger partial charge is 0.481 e. The van der Waals surface area contributed by atoms with Crippen LogP contribution in [0.25, 0.3) is 0 Å². The van der Waals surface area contributed by atoms with Crippen molar-refractivity contribution in [3.63, 3.8) is 0 Å². The number of aromatic nitrogens is 3. The number of halogens is 4. The lowest BCUT2D eigenvalue weighted by atomic mass is 9.93. The van der Waals surface area contributed by atoms with E-state index in [9.17, 15) is 32.3 Å². The van der Waals surface area contributed by atoms with Crippen molar-refractivity contribution in [2.45, 2.75) is 44.8 Å². The number of benzene rings is 3. The number of nitrogens with zero attached hydrogens (tertiary/aromatic N) is 3. The fourth-order valence-electron chi connectivity index (χ4n) is 5.11. The molecule has 1 aliphatic carbocycles. The van der Waals surface area contributed by atoms with Gasteiger partial charge in [-0.25, -0.2) is 0 Å². The van der Waals surface area contributed by atoms with Gasteiger partial charge in [-0.15, -0.1) is 0 Å². The summed E-state index contributed by atoms with van der Waals surface area (Å²) in [7, 11) is 0. The Labute approximate surface area is 312 Å². The van der Waals surface area contributed by atoms with Crippen molar-refractivity contribution >= 4 is 58.6 Å². The van der Waals surface area contributed by atoms with Crippen molar-refractivity contribution in [3.8, 4) is 6.01 Å². The molecule has 1 heterocycles. The Morgan fingerprint density at radius 3 is 2.17 bits per heavy atom. The fourth-order valence-corrected chi connectivity index (χ4v) is 5.24. The number of carboxylic acids is 1. The molecule has 14 nitrogen and oxygen atoms in total. The number of ether oxygens (including phenoxy) is 1. The molecule has 284 valence electrons. The Hall–Kier alpha value is -5.97. The SMILES string of the molecule is CC(C)(CNC(=O)C(=O)Nc1cccc(CC(=O)O)c1)CNC(=O)c1ccc(Nc2nc(NC3(c4ccc(Cl)cc4)CC3)nc(OCC(F)(F)F)n2)cc1. The summed E-state index contributed by atoms with van der Waals surface area (Å²) in [4.78, 5) is 61.1. The highest BCUT2D eigenvalue weighted by Crippen LogP contribution is 2.48. The number of amides is 3. The Kier molecular flexibility index (Phi) is 11.9. The predicted molar refractivity (Wildman–Crippen MR) is 193 cm³/mol. The van der Waals surface area contributed by atoms with E-state index in [4.69, 9.17) is 21.4 Å². The lowest BCUT2D eigenvalue weighted by Gasteiger charge is -2.25. The predicted octanol–water partition coefficient (Wildman–Crippen LogP) is 5.45. The number of hydrogen-bond acceptors (Lipinski definition) is 10. The zero-order valence-electron chi connectivity index (χ0n) is 29.0. The zero-order chi connectivity index (χ0) is 39.1. The van der Waals surface area contributed by atoms with E-state index in [2.05, 4.69) is 41.5 Å². The molecule has 54 heavy (non-hydrogen) atoms. The first kappa shape index (κ1) is 39.2. The third-order valence-corrected chi connectivity index (χ3v) is 8.33. The average molecular weight is 769 g/mol.